The zero-order valence-corrected chi connectivity index (χ0v) is 10.9. The van der Waals surface area contributed by atoms with Crippen molar-refractivity contribution < 1.29 is 4.79 Å². The van der Waals surface area contributed by atoms with Crippen LogP contribution in [0.2, 0.25) is 0 Å². The van der Waals surface area contributed by atoms with Crippen LogP contribution >= 0.6 is 15.9 Å². The van der Waals surface area contributed by atoms with Crippen molar-refractivity contribution in [2.24, 2.45) is 0 Å². The summed E-state index contributed by atoms with van der Waals surface area (Å²) in [7, 11) is 0. The molecule has 0 saturated heterocycles. The molecule has 0 radical (unpaired) electrons. The van der Waals surface area contributed by atoms with Gasteiger partial charge in [0.15, 0.2) is 0 Å². The summed E-state index contributed by atoms with van der Waals surface area (Å²) in [5.74, 6) is 0.404. The Morgan fingerprint density at radius 3 is 2.67 bits per heavy atom. The molecule has 0 aliphatic rings. The standard InChI is InChI=1S/C12H16BrNO/c1-8(2)10-6-4-5-9(3)12(10)14-11(15)7-13/h4-6,8H,7H2,1-3H3,(H,14,15). The van der Waals surface area contributed by atoms with Crippen LogP contribution in [0, 0.1) is 6.92 Å². The predicted molar refractivity (Wildman–Crippen MR) is 67.7 cm³/mol. The van der Waals surface area contributed by atoms with Crippen LogP contribution in [0.5, 0.6) is 0 Å². The maximum absolute atomic E-state index is 11.4. The van der Waals surface area contributed by atoms with E-state index in [0.717, 1.165) is 11.3 Å². The van der Waals surface area contributed by atoms with Gasteiger partial charge in [0.2, 0.25) is 5.91 Å². The lowest BCUT2D eigenvalue weighted by molar-refractivity contribution is -0.113. The molecule has 0 fully saturated rings. The van der Waals surface area contributed by atoms with Crippen LogP contribution in [0.4, 0.5) is 5.69 Å². The van der Waals surface area contributed by atoms with Gasteiger partial charge in [-0.15, -0.1) is 0 Å². The number of carbonyl (C=O) groups is 1. The van der Waals surface area contributed by atoms with Crippen molar-refractivity contribution in [3.63, 3.8) is 0 Å². The van der Waals surface area contributed by atoms with Crippen molar-refractivity contribution in [3.05, 3.63) is 29.3 Å². The third-order valence-electron chi connectivity index (χ3n) is 2.31. The molecule has 1 N–H and O–H groups in total. The molecule has 1 aromatic carbocycles. The molecule has 1 aromatic rings. The van der Waals surface area contributed by atoms with Gasteiger partial charge < -0.3 is 5.32 Å². The van der Waals surface area contributed by atoms with E-state index >= 15 is 0 Å². The lowest BCUT2D eigenvalue weighted by Gasteiger charge is -2.15. The van der Waals surface area contributed by atoms with Crippen LogP contribution in [-0.2, 0) is 4.79 Å². The predicted octanol–water partition coefficient (Wildman–Crippen LogP) is 3.45. The smallest absolute Gasteiger partial charge is 0.235 e. The molecule has 0 heterocycles. The highest BCUT2D eigenvalue weighted by Gasteiger charge is 2.10. The minimum absolute atomic E-state index is 0.00815. The number of benzene rings is 1. The highest BCUT2D eigenvalue weighted by atomic mass is 79.9. The zero-order valence-electron chi connectivity index (χ0n) is 9.30. The average molecular weight is 270 g/mol. The number of amides is 1. The molecular formula is C12H16BrNO. The summed E-state index contributed by atoms with van der Waals surface area (Å²) in [5, 5.41) is 3.26. The summed E-state index contributed by atoms with van der Waals surface area (Å²) >= 11 is 3.15. The number of para-hydroxylation sites is 1. The maximum Gasteiger partial charge on any atom is 0.235 e. The Labute approximate surface area is 99.2 Å². The minimum atomic E-state index is -0.00815. The van der Waals surface area contributed by atoms with Gasteiger partial charge in [0.05, 0.1) is 5.33 Å². The topological polar surface area (TPSA) is 29.1 Å². The van der Waals surface area contributed by atoms with Crippen molar-refractivity contribution in [1.82, 2.24) is 0 Å². The molecule has 0 aliphatic carbocycles. The first-order valence-electron chi connectivity index (χ1n) is 5.01. The van der Waals surface area contributed by atoms with E-state index in [0.29, 0.717) is 11.2 Å². The number of carbonyl (C=O) groups excluding carboxylic acids is 1. The lowest BCUT2D eigenvalue weighted by Crippen LogP contribution is -2.15. The Bertz CT molecular complexity index is 361. The number of rotatable bonds is 3. The molecular weight excluding hydrogens is 254 g/mol. The Morgan fingerprint density at radius 1 is 1.47 bits per heavy atom. The quantitative estimate of drug-likeness (QED) is 0.837. The minimum Gasteiger partial charge on any atom is -0.325 e. The van der Waals surface area contributed by atoms with Crippen molar-refractivity contribution >= 4 is 27.5 Å². The number of aryl methyl sites for hydroxylation is 1. The van der Waals surface area contributed by atoms with Crippen LogP contribution in [0.1, 0.15) is 30.9 Å². The number of nitrogens with one attached hydrogen (secondary N) is 1. The Kier molecular flexibility index (Phi) is 4.33. The van der Waals surface area contributed by atoms with Gasteiger partial charge in [0.25, 0.3) is 0 Å². The van der Waals surface area contributed by atoms with Gasteiger partial charge >= 0.3 is 0 Å². The summed E-state index contributed by atoms with van der Waals surface area (Å²) in [4.78, 5) is 11.4. The summed E-state index contributed by atoms with van der Waals surface area (Å²) in [6, 6.07) is 6.09. The second kappa shape index (κ2) is 5.31. The third kappa shape index (κ3) is 3.06. The monoisotopic (exact) mass is 269 g/mol. The molecule has 0 atom stereocenters. The fourth-order valence-electron chi connectivity index (χ4n) is 1.52. The number of anilines is 1. The summed E-state index contributed by atoms with van der Waals surface area (Å²) < 4.78 is 0. The largest absolute Gasteiger partial charge is 0.325 e. The molecule has 0 bridgehead atoms. The summed E-state index contributed by atoms with van der Waals surface area (Å²) in [6.07, 6.45) is 0. The van der Waals surface area contributed by atoms with E-state index in [1.54, 1.807) is 0 Å². The number of hydrogen-bond donors (Lipinski definition) is 1. The summed E-state index contributed by atoms with van der Waals surface area (Å²) in [6.45, 7) is 6.26. The second-order valence-electron chi connectivity index (χ2n) is 3.88. The molecule has 1 amide bonds. The molecule has 0 unspecified atom stereocenters. The van der Waals surface area contributed by atoms with Gasteiger partial charge in [-0.25, -0.2) is 0 Å². The molecule has 2 nitrogen and oxygen atoms in total. The van der Waals surface area contributed by atoms with Gasteiger partial charge in [0, 0.05) is 5.69 Å². The van der Waals surface area contributed by atoms with Crippen LogP contribution in [0.3, 0.4) is 0 Å². The van der Waals surface area contributed by atoms with Crippen LogP contribution in [0.15, 0.2) is 18.2 Å². The van der Waals surface area contributed by atoms with Crippen LogP contribution in [-0.4, -0.2) is 11.2 Å². The third-order valence-corrected chi connectivity index (χ3v) is 2.82. The SMILES string of the molecule is Cc1cccc(C(C)C)c1NC(=O)CBr. The van der Waals surface area contributed by atoms with Crippen molar-refractivity contribution in [1.29, 1.82) is 0 Å². The van der Waals surface area contributed by atoms with Crippen LogP contribution in [0.25, 0.3) is 0 Å². The fourth-order valence-corrected chi connectivity index (χ4v) is 1.66. The second-order valence-corrected chi connectivity index (χ2v) is 4.44. The molecule has 0 aliphatic heterocycles. The van der Waals surface area contributed by atoms with E-state index in [9.17, 15) is 4.79 Å². The Balaban J connectivity index is 3.07. The van der Waals surface area contributed by atoms with Crippen molar-refractivity contribution in [2.45, 2.75) is 26.7 Å². The fraction of sp³-hybridized carbons (Fsp3) is 0.417. The zero-order chi connectivity index (χ0) is 11.4. The van der Waals surface area contributed by atoms with Crippen molar-refractivity contribution in [2.75, 3.05) is 10.6 Å². The molecule has 82 valence electrons. The maximum atomic E-state index is 11.4. The van der Waals surface area contributed by atoms with Gasteiger partial charge in [-0.1, -0.05) is 48.0 Å². The van der Waals surface area contributed by atoms with E-state index < -0.39 is 0 Å². The Morgan fingerprint density at radius 2 is 2.13 bits per heavy atom. The van der Waals surface area contributed by atoms with Crippen LogP contribution < -0.4 is 5.32 Å². The highest BCUT2D eigenvalue weighted by molar-refractivity contribution is 9.09. The van der Waals surface area contributed by atoms with E-state index in [1.807, 2.05) is 19.1 Å². The molecule has 0 spiro atoms. The first kappa shape index (κ1) is 12.2. The van der Waals surface area contributed by atoms with E-state index in [-0.39, 0.29) is 5.91 Å². The van der Waals surface area contributed by atoms with Gasteiger partial charge in [0.1, 0.15) is 0 Å². The van der Waals surface area contributed by atoms with Gasteiger partial charge in [-0.2, -0.15) is 0 Å². The molecule has 0 aromatic heterocycles. The van der Waals surface area contributed by atoms with Crippen molar-refractivity contribution in [3.8, 4) is 0 Å². The Hall–Kier alpha value is -0.830. The number of hydrogen-bond acceptors (Lipinski definition) is 1. The summed E-state index contributed by atoms with van der Waals surface area (Å²) in [5.41, 5.74) is 3.25. The number of alkyl halides is 1. The lowest BCUT2D eigenvalue weighted by atomic mass is 9.98. The van der Waals surface area contributed by atoms with E-state index in [2.05, 4.69) is 41.2 Å². The molecule has 0 saturated carbocycles. The van der Waals surface area contributed by atoms with Gasteiger partial charge in [-0.3, -0.25) is 4.79 Å². The van der Waals surface area contributed by atoms with E-state index in [4.69, 9.17) is 0 Å². The highest BCUT2D eigenvalue weighted by Crippen LogP contribution is 2.27. The average Bonchev–Trinajstić information content (AvgIpc) is 2.20. The normalized spacial score (nSPS) is 10.5. The van der Waals surface area contributed by atoms with Gasteiger partial charge in [-0.05, 0) is 24.0 Å². The molecule has 3 heteroatoms. The first-order valence-corrected chi connectivity index (χ1v) is 6.13. The molecule has 1 rings (SSSR count). The first-order chi connectivity index (χ1) is 7.06. The van der Waals surface area contributed by atoms with E-state index in [1.165, 1.54) is 5.56 Å². The molecule has 15 heavy (non-hydrogen) atoms. The number of halogens is 1.